The second kappa shape index (κ2) is 6.16. The Bertz CT molecular complexity index is 624. The molecule has 0 aliphatic carbocycles. The lowest BCUT2D eigenvalue weighted by molar-refractivity contribution is -0.141. The van der Waals surface area contributed by atoms with Crippen molar-refractivity contribution in [2.75, 3.05) is 13.6 Å². The van der Waals surface area contributed by atoms with Crippen LogP contribution in [-0.2, 0) is 11.3 Å². The highest BCUT2D eigenvalue weighted by Crippen LogP contribution is 2.31. The highest BCUT2D eigenvalue weighted by atomic mass is 19.1. The third-order valence-electron chi connectivity index (χ3n) is 4.68. The standard InChI is InChI=1S/C16H20FN3O3/c1-19(9-10-4-2-3-5-12(10)17)16(23)20-11-6-7-13(20)14(15(21)22)18-8-11/h2-5,11,13-14,18H,6-9H2,1H3,(H,21,22). The molecule has 2 aliphatic heterocycles. The van der Waals surface area contributed by atoms with Crippen LogP contribution < -0.4 is 5.32 Å². The van der Waals surface area contributed by atoms with Gasteiger partial charge in [0.2, 0.25) is 0 Å². The number of carboxylic acid groups (broad SMARTS) is 1. The van der Waals surface area contributed by atoms with Crippen molar-refractivity contribution in [3.8, 4) is 0 Å². The molecule has 0 aromatic heterocycles. The van der Waals surface area contributed by atoms with Gasteiger partial charge in [-0.25, -0.2) is 9.18 Å². The Balaban J connectivity index is 1.74. The van der Waals surface area contributed by atoms with Crippen LogP contribution in [0.15, 0.2) is 24.3 Å². The maximum absolute atomic E-state index is 13.7. The third-order valence-corrected chi connectivity index (χ3v) is 4.68. The van der Waals surface area contributed by atoms with Crippen molar-refractivity contribution in [3.63, 3.8) is 0 Å². The number of carboxylic acids is 1. The van der Waals surface area contributed by atoms with Gasteiger partial charge in [0.25, 0.3) is 0 Å². The van der Waals surface area contributed by atoms with Gasteiger partial charge in [-0.1, -0.05) is 18.2 Å². The molecule has 3 atom stereocenters. The number of rotatable bonds is 3. The Kier molecular flexibility index (Phi) is 4.21. The lowest BCUT2D eigenvalue weighted by atomic mass is 10.1. The summed E-state index contributed by atoms with van der Waals surface area (Å²) in [5, 5.41) is 12.3. The molecule has 0 saturated carbocycles. The number of amides is 2. The van der Waals surface area contributed by atoms with Crippen molar-refractivity contribution in [1.82, 2.24) is 15.1 Å². The molecule has 1 aromatic carbocycles. The Morgan fingerprint density at radius 1 is 1.39 bits per heavy atom. The topological polar surface area (TPSA) is 72.9 Å². The molecule has 1 aromatic rings. The van der Waals surface area contributed by atoms with Crippen LogP contribution in [0.4, 0.5) is 9.18 Å². The van der Waals surface area contributed by atoms with E-state index in [1.807, 2.05) is 0 Å². The summed E-state index contributed by atoms with van der Waals surface area (Å²) in [5.74, 6) is -1.29. The first-order valence-electron chi connectivity index (χ1n) is 7.72. The maximum atomic E-state index is 13.7. The fourth-order valence-electron chi connectivity index (χ4n) is 3.54. The average Bonchev–Trinajstić information content (AvgIpc) is 2.81. The fraction of sp³-hybridized carbons (Fsp3) is 0.500. The Morgan fingerprint density at radius 3 is 2.83 bits per heavy atom. The largest absolute Gasteiger partial charge is 0.480 e. The van der Waals surface area contributed by atoms with E-state index in [4.69, 9.17) is 0 Å². The number of fused-ring (bicyclic) bond motifs is 2. The number of benzene rings is 1. The first kappa shape index (κ1) is 15.7. The van der Waals surface area contributed by atoms with E-state index >= 15 is 0 Å². The Hall–Kier alpha value is -2.15. The number of nitrogens with zero attached hydrogens (tertiary/aromatic N) is 2. The molecule has 2 fully saturated rings. The second-order valence-electron chi connectivity index (χ2n) is 6.16. The summed E-state index contributed by atoms with van der Waals surface area (Å²) in [5.41, 5.74) is 0.445. The second-order valence-corrected chi connectivity index (χ2v) is 6.16. The molecule has 7 heteroatoms. The van der Waals surface area contributed by atoms with Crippen LogP contribution in [0.25, 0.3) is 0 Å². The van der Waals surface area contributed by atoms with Gasteiger partial charge in [-0.15, -0.1) is 0 Å². The van der Waals surface area contributed by atoms with E-state index in [0.717, 1.165) is 6.42 Å². The van der Waals surface area contributed by atoms with Gasteiger partial charge in [0.05, 0.1) is 6.04 Å². The number of carbonyl (C=O) groups excluding carboxylic acids is 1. The molecule has 124 valence electrons. The number of aliphatic carboxylic acids is 1. The van der Waals surface area contributed by atoms with Gasteiger partial charge >= 0.3 is 12.0 Å². The molecule has 3 rings (SSSR count). The first-order valence-corrected chi connectivity index (χ1v) is 7.72. The summed E-state index contributed by atoms with van der Waals surface area (Å²) in [6.45, 7) is 0.638. The monoisotopic (exact) mass is 321 g/mol. The molecule has 0 radical (unpaired) electrons. The molecular formula is C16H20FN3O3. The number of piperazine rings is 1. The molecule has 2 amide bonds. The lowest BCUT2D eigenvalue weighted by Crippen LogP contribution is -2.63. The van der Waals surface area contributed by atoms with Crippen LogP contribution in [0, 0.1) is 5.82 Å². The van der Waals surface area contributed by atoms with Crippen LogP contribution in [0.2, 0.25) is 0 Å². The zero-order valence-corrected chi connectivity index (χ0v) is 12.9. The zero-order chi connectivity index (χ0) is 16.6. The quantitative estimate of drug-likeness (QED) is 0.879. The highest BCUT2D eigenvalue weighted by molar-refractivity contribution is 5.80. The predicted octanol–water partition coefficient (Wildman–Crippen LogP) is 1.27. The van der Waals surface area contributed by atoms with Crippen molar-refractivity contribution in [3.05, 3.63) is 35.6 Å². The molecule has 2 aliphatic rings. The summed E-state index contributed by atoms with van der Waals surface area (Å²) in [4.78, 5) is 27.2. The van der Waals surface area contributed by atoms with Gasteiger partial charge in [-0.2, -0.15) is 0 Å². The molecule has 2 saturated heterocycles. The van der Waals surface area contributed by atoms with Crippen molar-refractivity contribution in [2.45, 2.75) is 37.5 Å². The molecule has 2 N–H and O–H groups in total. The van der Waals surface area contributed by atoms with Gasteiger partial charge < -0.3 is 20.2 Å². The highest BCUT2D eigenvalue weighted by Gasteiger charge is 2.48. The summed E-state index contributed by atoms with van der Waals surface area (Å²) < 4.78 is 13.7. The smallest absolute Gasteiger partial charge is 0.322 e. The molecule has 0 spiro atoms. The van der Waals surface area contributed by atoms with Crippen LogP contribution in [-0.4, -0.2) is 58.6 Å². The summed E-state index contributed by atoms with van der Waals surface area (Å²) in [6, 6.07) is 5.02. The van der Waals surface area contributed by atoms with E-state index < -0.39 is 12.0 Å². The van der Waals surface area contributed by atoms with E-state index in [-0.39, 0.29) is 30.5 Å². The summed E-state index contributed by atoms with van der Waals surface area (Å²) >= 11 is 0. The van der Waals surface area contributed by atoms with Gasteiger partial charge in [-0.3, -0.25) is 4.79 Å². The molecule has 6 nitrogen and oxygen atoms in total. The normalized spacial score (nSPS) is 26.2. The third kappa shape index (κ3) is 2.88. The van der Waals surface area contributed by atoms with Crippen molar-refractivity contribution in [1.29, 1.82) is 0 Å². The van der Waals surface area contributed by atoms with Crippen molar-refractivity contribution >= 4 is 12.0 Å². The zero-order valence-electron chi connectivity index (χ0n) is 12.9. The molecule has 2 bridgehead atoms. The fourth-order valence-corrected chi connectivity index (χ4v) is 3.54. The van der Waals surface area contributed by atoms with E-state index in [9.17, 15) is 19.1 Å². The minimum atomic E-state index is -0.940. The SMILES string of the molecule is CN(Cc1ccccc1F)C(=O)N1C2CCC1C(C(=O)O)NC2. The predicted molar refractivity (Wildman–Crippen MR) is 81.3 cm³/mol. The van der Waals surface area contributed by atoms with Crippen LogP contribution >= 0.6 is 0 Å². The van der Waals surface area contributed by atoms with E-state index in [2.05, 4.69) is 5.32 Å². The maximum Gasteiger partial charge on any atom is 0.322 e. The number of nitrogens with one attached hydrogen (secondary N) is 1. The number of hydrogen-bond acceptors (Lipinski definition) is 3. The van der Waals surface area contributed by atoms with Crippen LogP contribution in [0.3, 0.4) is 0 Å². The molecule has 2 heterocycles. The van der Waals surface area contributed by atoms with Crippen molar-refractivity contribution < 1.29 is 19.1 Å². The molecule has 3 unspecified atom stereocenters. The lowest BCUT2D eigenvalue weighted by Gasteiger charge is -2.40. The molecule has 23 heavy (non-hydrogen) atoms. The van der Waals surface area contributed by atoms with Crippen molar-refractivity contribution in [2.24, 2.45) is 0 Å². The van der Waals surface area contributed by atoms with E-state index in [0.29, 0.717) is 18.5 Å². The van der Waals surface area contributed by atoms with Crippen LogP contribution in [0.1, 0.15) is 18.4 Å². The summed E-state index contributed by atoms with van der Waals surface area (Å²) in [6.07, 6.45) is 1.47. The number of halogens is 1. The van der Waals surface area contributed by atoms with Crippen LogP contribution in [0.5, 0.6) is 0 Å². The van der Waals surface area contributed by atoms with Gasteiger partial charge in [0.1, 0.15) is 11.9 Å². The Morgan fingerprint density at radius 2 is 2.13 bits per heavy atom. The first-order chi connectivity index (χ1) is 11.0. The average molecular weight is 321 g/mol. The number of urea groups is 1. The minimum absolute atomic E-state index is 0.00571. The Labute approximate surface area is 133 Å². The van der Waals surface area contributed by atoms with Gasteiger partial charge in [-0.05, 0) is 18.9 Å². The van der Waals surface area contributed by atoms with Gasteiger partial charge in [0.15, 0.2) is 0 Å². The molecular weight excluding hydrogens is 301 g/mol. The van der Waals surface area contributed by atoms with E-state index in [1.165, 1.54) is 11.0 Å². The van der Waals surface area contributed by atoms with Gasteiger partial charge in [0, 0.05) is 31.7 Å². The minimum Gasteiger partial charge on any atom is -0.480 e. The van der Waals surface area contributed by atoms with E-state index in [1.54, 1.807) is 30.1 Å². The summed E-state index contributed by atoms with van der Waals surface area (Å²) in [7, 11) is 1.62. The number of hydrogen-bond donors (Lipinski definition) is 2. The number of carbonyl (C=O) groups is 2.